The van der Waals surface area contributed by atoms with E-state index in [2.05, 4.69) is 10.0 Å². The predicted octanol–water partition coefficient (Wildman–Crippen LogP) is 6.61. The summed E-state index contributed by atoms with van der Waals surface area (Å²) in [4.78, 5) is 31.1. The highest BCUT2D eigenvalue weighted by molar-refractivity contribution is 7.92. The zero-order valence-corrected chi connectivity index (χ0v) is 31.8. The number of fused-ring (bicyclic) bond motifs is 2. The molecule has 3 amide bonds. The molecule has 0 saturated carbocycles. The molecular weight excluding hydrogens is 697 g/mol. The predicted molar refractivity (Wildman–Crippen MR) is 206 cm³/mol. The molecule has 53 heavy (non-hydrogen) atoms. The van der Waals surface area contributed by atoms with Crippen LogP contribution < -0.4 is 19.5 Å². The van der Waals surface area contributed by atoms with Gasteiger partial charge in [0.15, 0.2) is 0 Å². The first kappa shape index (κ1) is 39.4. The number of anilines is 2. The molecule has 0 unspecified atom stereocenters. The Morgan fingerprint density at radius 2 is 1.77 bits per heavy atom. The number of nitrogens with one attached hydrogen (secondary N) is 2. The summed E-state index contributed by atoms with van der Waals surface area (Å²) in [5.74, 6) is 0.114. The van der Waals surface area contributed by atoms with Crippen LogP contribution in [0.15, 0.2) is 89.8 Å². The van der Waals surface area contributed by atoms with Gasteiger partial charge in [-0.25, -0.2) is 13.2 Å². The van der Waals surface area contributed by atoms with Crippen LogP contribution in [-0.4, -0.2) is 94.0 Å². The number of urea groups is 1. The van der Waals surface area contributed by atoms with Crippen molar-refractivity contribution in [2.45, 2.75) is 63.2 Å². The van der Waals surface area contributed by atoms with Crippen molar-refractivity contribution < 1.29 is 37.3 Å². The fourth-order valence-corrected chi connectivity index (χ4v) is 7.36. The Morgan fingerprint density at radius 1 is 1.04 bits per heavy atom. The number of sulfonamides is 1. The summed E-state index contributed by atoms with van der Waals surface area (Å²) in [6.07, 6.45) is 1.55. The van der Waals surface area contributed by atoms with Crippen molar-refractivity contribution in [3.63, 3.8) is 0 Å². The van der Waals surface area contributed by atoms with Gasteiger partial charge in [0.1, 0.15) is 11.5 Å². The SMILES string of the molecule is COc1ccc(S(=O)(=O)Nc2ccc3c(c2)C(=O)N([C@@H](C)CO)C[C@@H](C)[C@H](CN(C)C(=O)Nc2cccc4ccccc24)OCCCC[C@@H](C)O3)cc1. The number of carbonyl (C=O) groups is 2. The number of rotatable bonds is 9. The summed E-state index contributed by atoms with van der Waals surface area (Å²) in [7, 11) is -0.797. The molecule has 5 rings (SSSR count). The number of hydrogen-bond acceptors (Lipinski definition) is 8. The smallest absolute Gasteiger partial charge is 0.321 e. The largest absolute Gasteiger partial charge is 0.497 e. The Morgan fingerprint density at radius 3 is 2.51 bits per heavy atom. The number of likely N-dealkylation sites (N-methyl/N-ethyl adjacent to an activating group) is 1. The summed E-state index contributed by atoms with van der Waals surface area (Å²) in [5.41, 5.74) is 1.03. The number of hydrogen-bond donors (Lipinski definition) is 3. The van der Waals surface area contributed by atoms with Crippen molar-refractivity contribution in [1.82, 2.24) is 9.80 Å². The molecule has 4 aromatic carbocycles. The van der Waals surface area contributed by atoms with E-state index >= 15 is 0 Å². The van der Waals surface area contributed by atoms with Crippen LogP contribution in [0.1, 0.15) is 50.4 Å². The molecule has 0 aromatic heterocycles. The van der Waals surface area contributed by atoms with Crippen LogP contribution in [-0.2, 0) is 14.8 Å². The summed E-state index contributed by atoms with van der Waals surface area (Å²) in [6, 6.07) is 23.3. The maximum atomic E-state index is 14.5. The molecule has 13 heteroatoms. The van der Waals surface area contributed by atoms with Crippen molar-refractivity contribution in [3.05, 3.63) is 90.5 Å². The Labute approximate surface area is 312 Å². The van der Waals surface area contributed by atoms with E-state index in [1.165, 1.54) is 25.3 Å². The van der Waals surface area contributed by atoms with Crippen LogP contribution in [0.4, 0.5) is 16.2 Å². The topological polar surface area (TPSA) is 147 Å². The van der Waals surface area contributed by atoms with Gasteiger partial charge in [0.25, 0.3) is 15.9 Å². The van der Waals surface area contributed by atoms with Crippen LogP contribution in [0.25, 0.3) is 10.8 Å². The van der Waals surface area contributed by atoms with Crippen LogP contribution in [0.5, 0.6) is 11.5 Å². The van der Waals surface area contributed by atoms with E-state index in [9.17, 15) is 23.1 Å². The summed E-state index contributed by atoms with van der Waals surface area (Å²) in [5, 5.41) is 15.3. The van der Waals surface area contributed by atoms with Gasteiger partial charge >= 0.3 is 6.03 Å². The maximum Gasteiger partial charge on any atom is 0.321 e. The number of aliphatic hydroxyl groups excluding tert-OH is 1. The first-order valence-corrected chi connectivity index (χ1v) is 19.4. The molecule has 4 atom stereocenters. The molecule has 0 aliphatic carbocycles. The molecule has 0 fully saturated rings. The van der Waals surface area contributed by atoms with Gasteiger partial charge in [-0.05, 0) is 87.0 Å². The molecule has 12 nitrogen and oxygen atoms in total. The van der Waals surface area contributed by atoms with Gasteiger partial charge in [0.05, 0.1) is 48.1 Å². The highest BCUT2D eigenvalue weighted by Gasteiger charge is 2.31. The monoisotopic (exact) mass is 746 g/mol. The number of benzene rings is 4. The Balaban J connectivity index is 1.40. The molecule has 0 bridgehead atoms. The van der Waals surface area contributed by atoms with Crippen molar-refractivity contribution in [2.24, 2.45) is 5.92 Å². The van der Waals surface area contributed by atoms with Gasteiger partial charge in [-0.3, -0.25) is 9.52 Å². The average Bonchev–Trinajstić information content (AvgIpc) is 3.15. The molecule has 1 heterocycles. The standard InChI is InChI=1S/C40H50N4O8S/c1-27-24-44(28(2)26-45)39(46)35-23-31(42-53(48,49)33-19-17-32(50-5)18-20-33)16-21-37(35)52-29(3)11-8-9-22-51-38(27)25-43(4)40(47)41-36-15-10-13-30-12-6-7-14-34(30)36/h6-7,10,12-21,23,27-29,38,42,45H,8-9,11,22,24-26H2,1-5H3,(H,41,47)/t27-,28+,29-,38+/m1/s1. The number of ether oxygens (including phenoxy) is 3. The summed E-state index contributed by atoms with van der Waals surface area (Å²) in [6.45, 7) is 6.19. The average molecular weight is 747 g/mol. The van der Waals surface area contributed by atoms with Gasteiger partial charge in [-0.15, -0.1) is 0 Å². The number of carbonyl (C=O) groups excluding carboxylic acids is 2. The Kier molecular flexibility index (Phi) is 13.2. The molecule has 0 spiro atoms. The van der Waals surface area contributed by atoms with Gasteiger partial charge < -0.3 is 34.4 Å². The molecule has 0 radical (unpaired) electrons. The van der Waals surface area contributed by atoms with Crippen LogP contribution >= 0.6 is 0 Å². The molecule has 0 saturated heterocycles. The second kappa shape index (κ2) is 17.8. The maximum absolute atomic E-state index is 14.5. The van der Waals surface area contributed by atoms with Gasteiger partial charge in [0.2, 0.25) is 0 Å². The highest BCUT2D eigenvalue weighted by atomic mass is 32.2. The lowest BCUT2D eigenvalue weighted by Gasteiger charge is -2.35. The fourth-order valence-electron chi connectivity index (χ4n) is 6.32. The first-order chi connectivity index (χ1) is 25.4. The van der Waals surface area contributed by atoms with Crippen molar-refractivity contribution in [1.29, 1.82) is 0 Å². The van der Waals surface area contributed by atoms with E-state index in [1.54, 1.807) is 48.0 Å². The lowest BCUT2D eigenvalue weighted by molar-refractivity contribution is -0.0115. The van der Waals surface area contributed by atoms with Gasteiger partial charge in [-0.1, -0.05) is 43.3 Å². The summed E-state index contributed by atoms with van der Waals surface area (Å²) >= 11 is 0. The molecule has 1 aliphatic heterocycles. The lowest BCUT2D eigenvalue weighted by atomic mass is 10.0. The van der Waals surface area contributed by atoms with Crippen molar-refractivity contribution in [3.8, 4) is 11.5 Å². The minimum absolute atomic E-state index is 0.0285. The zero-order valence-electron chi connectivity index (χ0n) is 30.9. The highest BCUT2D eigenvalue weighted by Crippen LogP contribution is 2.30. The summed E-state index contributed by atoms with van der Waals surface area (Å²) < 4.78 is 47.1. The molecule has 3 N–H and O–H groups in total. The first-order valence-electron chi connectivity index (χ1n) is 17.9. The number of aliphatic hydroxyl groups is 1. The second-order valence-electron chi connectivity index (χ2n) is 13.6. The normalized spacial score (nSPS) is 19.3. The molecule has 284 valence electrons. The zero-order chi connectivity index (χ0) is 38.1. The lowest BCUT2D eigenvalue weighted by Crippen LogP contribution is -2.48. The third-order valence-corrected chi connectivity index (χ3v) is 10.9. The van der Waals surface area contributed by atoms with E-state index in [4.69, 9.17) is 14.2 Å². The molecular formula is C40H50N4O8S. The number of nitrogens with zero attached hydrogens (tertiary/aromatic N) is 2. The van der Waals surface area contributed by atoms with E-state index in [-0.39, 0.29) is 53.9 Å². The fraction of sp³-hybridized carbons (Fsp3) is 0.400. The number of amides is 3. The van der Waals surface area contributed by atoms with Crippen molar-refractivity contribution in [2.75, 3.05) is 50.5 Å². The minimum atomic E-state index is -4.01. The van der Waals surface area contributed by atoms with E-state index in [0.29, 0.717) is 30.2 Å². The third kappa shape index (κ3) is 9.98. The van der Waals surface area contributed by atoms with Crippen molar-refractivity contribution >= 4 is 44.1 Å². The van der Waals surface area contributed by atoms with E-state index < -0.39 is 28.1 Å². The van der Waals surface area contributed by atoms with Gasteiger partial charge in [0, 0.05) is 43.7 Å². The van der Waals surface area contributed by atoms with Crippen LogP contribution in [0, 0.1) is 5.92 Å². The van der Waals surface area contributed by atoms with Gasteiger partial charge in [-0.2, -0.15) is 0 Å². The number of methoxy groups -OCH3 is 1. The Hall–Kier alpha value is -4.85. The molecule has 1 aliphatic rings. The van der Waals surface area contributed by atoms with Crippen LogP contribution in [0.3, 0.4) is 0 Å². The van der Waals surface area contributed by atoms with E-state index in [1.807, 2.05) is 56.3 Å². The Bertz CT molecular complexity index is 1970. The van der Waals surface area contributed by atoms with Crippen LogP contribution in [0.2, 0.25) is 0 Å². The quantitative estimate of drug-likeness (QED) is 0.174. The third-order valence-electron chi connectivity index (χ3n) is 9.51. The van der Waals surface area contributed by atoms with E-state index in [0.717, 1.165) is 23.6 Å². The minimum Gasteiger partial charge on any atom is -0.497 e. The second-order valence-corrected chi connectivity index (χ2v) is 15.3. The molecule has 4 aromatic rings.